The van der Waals surface area contributed by atoms with Crippen LogP contribution in [0.25, 0.3) is 10.9 Å². The Labute approximate surface area is 123 Å². The van der Waals surface area contributed by atoms with Crippen molar-refractivity contribution in [3.63, 3.8) is 0 Å². The molecule has 0 fully saturated rings. The Morgan fingerprint density at radius 3 is 2.67 bits per heavy atom. The smallest absolute Gasteiger partial charge is 0.129 e. The maximum absolute atomic E-state index is 10.6. The molecule has 1 aromatic carbocycles. The number of pyridine rings is 2. The number of hydrogen-bond donors (Lipinski definition) is 2. The molecule has 3 N–H and O–H groups in total. The summed E-state index contributed by atoms with van der Waals surface area (Å²) in [6.45, 7) is 3.88. The van der Waals surface area contributed by atoms with Crippen molar-refractivity contribution in [2.45, 2.75) is 20.0 Å². The first kappa shape index (κ1) is 13.5. The third kappa shape index (κ3) is 2.45. The van der Waals surface area contributed by atoms with Gasteiger partial charge in [-0.05, 0) is 49.2 Å². The largest absolute Gasteiger partial charge is 0.384 e. The molecule has 21 heavy (non-hydrogen) atoms. The van der Waals surface area contributed by atoms with Gasteiger partial charge in [0.15, 0.2) is 0 Å². The lowest BCUT2D eigenvalue weighted by atomic mass is 9.97. The molecule has 1 unspecified atom stereocenters. The quantitative estimate of drug-likeness (QED) is 0.756. The summed E-state index contributed by atoms with van der Waals surface area (Å²) < 4.78 is 0. The number of fused-ring (bicyclic) bond motifs is 1. The predicted molar refractivity (Wildman–Crippen MR) is 83.9 cm³/mol. The van der Waals surface area contributed by atoms with Gasteiger partial charge in [0.1, 0.15) is 11.9 Å². The van der Waals surface area contributed by atoms with Crippen molar-refractivity contribution in [1.29, 1.82) is 0 Å². The van der Waals surface area contributed by atoms with Crippen molar-refractivity contribution in [3.05, 3.63) is 65.0 Å². The van der Waals surface area contributed by atoms with Gasteiger partial charge in [0.25, 0.3) is 0 Å². The molecule has 0 saturated carbocycles. The zero-order valence-corrected chi connectivity index (χ0v) is 12.0. The first-order chi connectivity index (χ1) is 10.1. The number of aliphatic hydroxyl groups excluding tert-OH is 1. The molecule has 0 bridgehead atoms. The van der Waals surface area contributed by atoms with Gasteiger partial charge in [-0.2, -0.15) is 0 Å². The van der Waals surface area contributed by atoms with Crippen molar-refractivity contribution < 1.29 is 5.11 Å². The standard InChI is InChI=1S/C17H17N3O/c1-10-7-8-19-17(18)15(10)16(21)13-5-6-14-12(9-13)4-3-11(2)20-14/h3-9,16,21H,1-2H3,(H2,18,19). The Kier molecular flexibility index (Phi) is 3.31. The Bertz CT molecular complexity index is 794. The van der Waals surface area contributed by atoms with Crippen molar-refractivity contribution in [2.24, 2.45) is 0 Å². The fourth-order valence-corrected chi connectivity index (χ4v) is 2.53. The van der Waals surface area contributed by atoms with E-state index >= 15 is 0 Å². The van der Waals surface area contributed by atoms with Gasteiger partial charge < -0.3 is 10.8 Å². The third-order valence-corrected chi connectivity index (χ3v) is 3.68. The lowest BCUT2D eigenvalue weighted by Gasteiger charge is -2.16. The molecule has 3 aromatic rings. The molecule has 0 spiro atoms. The van der Waals surface area contributed by atoms with Crippen molar-refractivity contribution in [3.8, 4) is 0 Å². The van der Waals surface area contributed by atoms with Gasteiger partial charge in [-0.25, -0.2) is 4.98 Å². The van der Waals surface area contributed by atoms with Crippen LogP contribution in [-0.4, -0.2) is 15.1 Å². The second-order valence-corrected chi connectivity index (χ2v) is 5.23. The average molecular weight is 279 g/mol. The number of rotatable bonds is 2. The van der Waals surface area contributed by atoms with E-state index in [1.807, 2.05) is 50.2 Å². The minimum Gasteiger partial charge on any atom is -0.384 e. The SMILES string of the molecule is Cc1ccc2cc(C(O)c3c(C)ccnc3N)ccc2n1. The van der Waals surface area contributed by atoms with Crippen LogP contribution in [0.3, 0.4) is 0 Å². The summed E-state index contributed by atoms with van der Waals surface area (Å²) in [6.07, 6.45) is 0.859. The monoisotopic (exact) mass is 279 g/mol. The lowest BCUT2D eigenvalue weighted by Crippen LogP contribution is -2.07. The summed E-state index contributed by atoms with van der Waals surface area (Å²) in [4.78, 5) is 8.53. The van der Waals surface area contributed by atoms with Crippen LogP contribution in [-0.2, 0) is 0 Å². The Hall–Kier alpha value is -2.46. The highest BCUT2D eigenvalue weighted by molar-refractivity contribution is 5.79. The molecule has 4 heteroatoms. The number of nitrogens with two attached hydrogens (primary N) is 1. The van der Waals surface area contributed by atoms with Gasteiger partial charge in [-0.15, -0.1) is 0 Å². The van der Waals surface area contributed by atoms with E-state index in [0.29, 0.717) is 11.4 Å². The summed E-state index contributed by atoms with van der Waals surface area (Å²) in [5.74, 6) is 0.365. The van der Waals surface area contributed by atoms with Gasteiger partial charge >= 0.3 is 0 Å². The minimum atomic E-state index is -0.788. The van der Waals surface area contributed by atoms with E-state index in [2.05, 4.69) is 9.97 Å². The molecule has 0 aliphatic rings. The van der Waals surface area contributed by atoms with Gasteiger partial charge in [-0.3, -0.25) is 4.98 Å². The third-order valence-electron chi connectivity index (χ3n) is 3.68. The molecule has 0 amide bonds. The summed E-state index contributed by atoms with van der Waals surface area (Å²) >= 11 is 0. The van der Waals surface area contributed by atoms with Crippen molar-refractivity contribution >= 4 is 16.7 Å². The second kappa shape index (κ2) is 5.14. The van der Waals surface area contributed by atoms with Crippen molar-refractivity contribution in [2.75, 3.05) is 5.73 Å². The number of benzene rings is 1. The second-order valence-electron chi connectivity index (χ2n) is 5.23. The molecule has 2 heterocycles. The van der Waals surface area contributed by atoms with E-state index in [1.54, 1.807) is 6.20 Å². The van der Waals surface area contributed by atoms with Crippen molar-refractivity contribution in [1.82, 2.24) is 9.97 Å². The summed E-state index contributed by atoms with van der Waals surface area (Å²) in [5, 5.41) is 11.6. The molecule has 0 aliphatic carbocycles. The number of nitrogens with zero attached hydrogens (tertiary/aromatic N) is 2. The number of aliphatic hydroxyl groups is 1. The predicted octanol–water partition coefficient (Wildman–Crippen LogP) is 2.91. The van der Waals surface area contributed by atoms with Gasteiger partial charge in [0, 0.05) is 22.8 Å². The molecule has 4 nitrogen and oxygen atoms in total. The van der Waals surface area contributed by atoms with E-state index in [0.717, 1.165) is 27.7 Å². The molecule has 0 radical (unpaired) electrons. The van der Waals surface area contributed by atoms with Gasteiger partial charge in [0.2, 0.25) is 0 Å². The Balaban J connectivity index is 2.09. The maximum Gasteiger partial charge on any atom is 0.129 e. The highest BCUT2D eigenvalue weighted by atomic mass is 16.3. The van der Waals surface area contributed by atoms with Crippen LogP contribution in [0.15, 0.2) is 42.6 Å². The first-order valence-corrected chi connectivity index (χ1v) is 6.82. The fraction of sp³-hybridized carbons (Fsp3) is 0.176. The average Bonchev–Trinajstić information content (AvgIpc) is 2.46. The molecule has 106 valence electrons. The molecule has 3 rings (SSSR count). The van der Waals surface area contributed by atoms with Crippen LogP contribution in [0.2, 0.25) is 0 Å². The van der Waals surface area contributed by atoms with E-state index in [1.165, 1.54) is 0 Å². The highest BCUT2D eigenvalue weighted by Crippen LogP contribution is 2.29. The van der Waals surface area contributed by atoms with Gasteiger partial charge in [-0.1, -0.05) is 12.1 Å². The Morgan fingerprint density at radius 1 is 1.10 bits per heavy atom. The van der Waals surface area contributed by atoms with Crippen LogP contribution in [0.4, 0.5) is 5.82 Å². The highest BCUT2D eigenvalue weighted by Gasteiger charge is 2.17. The maximum atomic E-state index is 10.6. The molecule has 0 aliphatic heterocycles. The van der Waals surface area contributed by atoms with E-state index in [9.17, 15) is 5.11 Å². The molecule has 0 saturated heterocycles. The van der Waals surface area contributed by atoms with Crippen LogP contribution in [0.1, 0.15) is 28.5 Å². The molecular formula is C17H17N3O. The zero-order valence-electron chi connectivity index (χ0n) is 12.0. The number of hydrogen-bond acceptors (Lipinski definition) is 4. The fourth-order valence-electron chi connectivity index (χ4n) is 2.53. The minimum absolute atomic E-state index is 0.365. The normalized spacial score (nSPS) is 12.5. The lowest BCUT2D eigenvalue weighted by molar-refractivity contribution is 0.220. The van der Waals surface area contributed by atoms with E-state index < -0.39 is 6.10 Å². The summed E-state index contributed by atoms with van der Waals surface area (Å²) in [6, 6.07) is 11.6. The van der Waals surface area contributed by atoms with Crippen LogP contribution < -0.4 is 5.73 Å². The topological polar surface area (TPSA) is 72.0 Å². The Morgan fingerprint density at radius 2 is 1.90 bits per heavy atom. The van der Waals surface area contributed by atoms with E-state index in [4.69, 9.17) is 5.73 Å². The van der Waals surface area contributed by atoms with Gasteiger partial charge in [0.05, 0.1) is 5.52 Å². The first-order valence-electron chi connectivity index (χ1n) is 6.82. The molecule has 2 aromatic heterocycles. The molecule has 1 atom stereocenters. The van der Waals surface area contributed by atoms with Crippen LogP contribution in [0, 0.1) is 13.8 Å². The van der Waals surface area contributed by atoms with E-state index in [-0.39, 0.29) is 0 Å². The number of anilines is 1. The summed E-state index contributed by atoms with van der Waals surface area (Å²) in [7, 11) is 0. The number of aromatic nitrogens is 2. The van der Waals surface area contributed by atoms with Crippen LogP contribution in [0.5, 0.6) is 0 Å². The molecular weight excluding hydrogens is 262 g/mol. The zero-order chi connectivity index (χ0) is 15.0. The van der Waals surface area contributed by atoms with Crippen LogP contribution >= 0.6 is 0 Å². The summed E-state index contributed by atoms with van der Waals surface area (Å²) in [5.41, 5.74) is 10.2. The number of nitrogen functional groups attached to an aromatic ring is 1. The number of aryl methyl sites for hydroxylation is 2.